The van der Waals surface area contributed by atoms with Crippen LogP contribution in [-0.2, 0) is 4.79 Å². The number of aromatic hydroxyl groups is 2. The maximum Gasteiger partial charge on any atom is 0.221 e. The van der Waals surface area contributed by atoms with Gasteiger partial charge >= 0.3 is 0 Å². The standard InChI is InChI=1S/C14H22N2O3/c1-9(2)16-14(19)6-7-15-10(3)12-8-11(17)4-5-13(12)18/h4-5,8-10,15,17-18H,6-7H2,1-3H3,(H,16,19). The fourth-order valence-electron chi connectivity index (χ4n) is 1.80. The first-order valence-electron chi connectivity index (χ1n) is 6.44. The van der Waals surface area contributed by atoms with Crippen molar-refractivity contribution in [1.82, 2.24) is 10.6 Å². The van der Waals surface area contributed by atoms with Crippen LogP contribution in [0.25, 0.3) is 0 Å². The van der Waals surface area contributed by atoms with Crippen molar-refractivity contribution in [2.24, 2.45) is 0 Å². The third-order valence-corrected chi connectivity index (χ3v) is 2.73. The van der Waals surface area contributed by atoms with E-state index in [1.165, 1.54) is 18.2 Å². The SMILES string of the molecule is CC(C)NC(=O)CCNC(C)c1cc(O)ccc1O. The summed E-state index contributed by atoms with van der Waals surface area (Å²) in [5, 5.41) is 25.0. The van der Waals surface area contributed by atoms with Gasteiger partial charge in [0.25, 0.3) is 0 Å². The summed E-state index contributed by atoms with van der Waals surface area (Å²) in [4.78, 5) is 11.5. The van der Waals surface area contributed by atoms with Crippen molar-refractivity contribution in [1.29, 1.82) is 0 Å². The fraction of sp³-hybridized carbons (Fsp3) is 0.500. The Hall–Kier alpha value is -1.75. The molecule has 1 unspecified atom stereocenters. The van der Waals surface area contributed by atoms with Gasteiger partial charge in [-0.05, 0) is 39.0 Å². The van der Waals surface area contributed by atoms with Crippen LogP contribution < -0.4 is 10.6 Å². The molecule has 0 aromatic heterocycles. The van der Waals surface area contributed by atoms with E-state index in [1.807, 2.05) is 20.8 Å². The highest BCUT2D eigenvalue weighted by Crippen LogP contribution is 2.27. The van der Waals surface area contributed by atoms with Crippen molar-refractivity contribution in [3.8, 4) is 11.5 Å². The molecular weight excluding hydrogens is 244 g/mol. The minimum Gasteiger partial charge on any atom is -0.508 e. The van der Waals surface area contributed by atoms with E-state index in [0.29, 0.717) is 18.5 Å². The number of phenolic OH excluding ortho intramolecular Hbond substituents is 2. The van der Waals surface area contributed by atoms with Crippen LogP contribution in [0.4, 0.5) is 0 Å². The molecule has 106 valence electrons. The van der Waals surface area contributed by atoms with Gasteiger partial charge in [-0.15, -0.1) is 0 Å². The summed E-state index contributed by atoms with van der Waals surface area (Å²) in [6, 6.07) is 4.40. The van der Waals surface area contributed by atoms with Gasteiger partial charge in [0.1, 0.15) is 11.5 Å². The van der Waals surface area contributed by atoms with Gasteiger partial charge < -0.3 is 20.8 Å². The molecule has 0 aliphatic rings. The lowest BCUT2D eigenvalue weighted by Crippen LogP contribution is -2.33. The van der Waals surface area contributed by atoms with Crippen molar-refractivity contribution < 1.29 is 15.0 Å². The smallest absolute Gasteiger partial charge is 0.221 e. The molecule has 0 aliphatic carbocycles. The van der Waals surface area contributed by atoms with Gasteiger partial charge in [0.15, 0.2) is 0 Å². The van der Waals surface area contributed by atoms with Crippen LogP contribution in [0, 0.1) is 0 Å². The highest BCUT2D eigenvalue weighted by Gasteiger charge is 2.11. The lowest BCUT2D eigenvalue weighted by molar-refractivity contribution is -0.121. The van der Waals surface area contributed by atoms with Gasteiger partial charge in [0.2, 0.25) is 5.91 Å². The number of rotatable bonds is 6. The molecule has 0 heterocycles. The molecule has 1 aromatic rings. The Labute approximate surface area is 113 Å². The number of carbonyl (C=O) groups is 1. The molecular formula is C14H22N2O3. The van der Waals surface area contributed by atoms with Crippen molar-refractivity contribution in [3.63, 3.8) is 0 Å². The second-order valence-corrected chi connectivity index (χ2v) is 4.89. The second-order valence-electron chi connectivity index (χ2n) is 4.89. The minimum absolute atomic E-state index is 0.00479. The fourth-order valence-corrected chi connectivity index (χ4v) is 1.80. The largest absolute Gasteiger partial charge is 0.508 e. The van der Waals surface area contributed by atoms with Gasteiger partial charge in [-0.25, -0.2) is 0 Å². The van der Waals surface area contributed by atoms with E-state index < -0.39 is 0 Å². The zero-order valence-corrected chi connectivity index (χ0v) is 11.6. The molecule has 1 amide bonds. The Morgan fingerprint density at radius 1 is 1.26 bits per heavy atom. The summed E-state index contributed by atoms with van der Waals surface area (Å²) in [5.41, 5.74) is 0.615. The molecule has 0 fully saturated rings. The number of nitrogens with one attached hydrogen (secondary N) is 2. The Morgan fingerprint density at radius 2 is 1.95 bits per heavy atom. The van der Waals surface area contributed by atoms with Gasteiger partial charge in [0, 0.05) is 30.6 Å². The van der Waals surface area contributed by atoms with E-state index in [4.69, 9.17) is 0 Å². The Balaban J connectivity index is 2.45. The van der Waals surface area contributed by atoms with Crippen molar-refractivity contribution in [2.45, 2.75) is 39.3 Å². The van der Waals surface area contributed by atoms with E-state index in [-0.39, 0.29) is 29.5 Å². The molecule has 0 saturated carbocycles. The van der Waals surface area contributed by atoms with Crippen LogP contribution >= 0.6 is 0 Å². The second kappa shape index (κ2) is 6.99. The van der Waals surface area contributed by atoms with Gasteiger partial charge in [-0.1, -0.05) is 0 Å². The lowest BCUT2D eigenvalue weighted by atomic mass is 10.1. The first-order chi connectivity index (χ1) is 8.90. The van der Waals surface area contributed by atoms with Gasteiger partial charge in [-0.3, -0.25) is 4.79 Å². The number of amides is 1. The van der Waals surface area contributed by atoms with Crippen molar-refractivity contribution in [2.75, 3.05) is 6.54 Å². The number of benzene rings is 1. The first kappa shape index (κ1) is 15.3. The van der Waals surface area contributed by atoms with E-state index >= 15 is 0 Å². The average Bonchev–Trinajstić information content (AvgIpc) is 2.31. The first-order valence-corrected chi connectivity index (χ1v) is 6.44. The predicted octanol–water partition coefficient (Wildman–Crippen LogP) is 1.66. The van der Waals surface area contributed by atoms with E-state index in [9.17, 15) is 15.0 Å². The van der Waals surface area contributed by atoms with Crippen LogP contribution in [0.3, 0.4) is 0 Å². The summed E-state index contributed by atoms with van der Waals surface area (Å²) in [6.07, 6.45) is 0.377. The normalized spacial score (nSPS) is 12.4. The Morgan fingerprint density at radius 3 is 2.58 bits per heavy atom. The van der Waals surface area contributed by atoms with E-state index in [0.717, 1.165) is 0 Å². The quantitative estimate of drug-likeness (QED) is 0.590. The highest BCUT2D eigenvalue weighted by molar-refractivity contribution is 5.76. The number of phenols is 2. The van der Waals surface area contributed by atoms with E-state index in [1.54, 1.807) is 0 Å². The zero-order chi connectivity index (χ0) is 14.4. The molecule has 0 bridgehead atoms. The molecule has 1 atom stereocenters. The highest BCUT2D eigenvalue weighted by atomic mass is 16.3. The Bertz CT molecular complexity index is 433. The molecule has 0 aliphatic heterocycles. The molecule has 4 N–H and O–H groups in total. The minimum atomic E-state index is -0.140. The monoisotopic (exact) mass is 266 g/mol. The van der Waals surface area contributed by atoms with Gasteiger partial charge in [-0.2, -0.15) is 0 Å². The third-order valence-electron chi connectivity index (χ3n) is 2.73. The van der Waals surface area contributed by atoms with Gasteiger partial charge in [0.05, 0.1) is 0 Å². The third kappa shape index (κ3) is 5.18. The molecule has 5 nitrogen and oxygen atoms in total. The summed E-state index contributed by atoms with van der Waals surface area (Å²) < 4.78 is 0. The maximum absolute atomic E-state index is 11.5. The Kier molecular flexibility index (Phi) is 5.63. The van der Waals surface area contributed by atoms with E-state index in [2.05, 4.69) is 10.6 Å². The average molecular weight is 266 g/mol. The maximum atomic E-state index is 11.5. The lowest BCUT2D eigenvalue weighted by Gasteiger charge is -2.16. The van der Waals surface area contributed by atoms with Crippen LogP contribution in [0.15, 0.2) is 18.2 Å². The van der Waals surface area contributed by atoms with Crippen LogP contribution in [-0.4, -0.2) is 28.7 Å². The molecule has 19 heavy (non-hydrogen) atoms. The molecule has 1 rings (SSSR count). The number of hydrogen-bond acceptors (Lipinski definition) is 4. The molecule has 0 spiro atoms. The van der Waals surface area contributed by atoms with Crippen LogP contribution in [0.2, 0.25) is 0 Å². The molecule has 0 radical (unpaired) electrons. The van der Waals surface area contributed by atoms with Crippen LogP contribution in [0.5, 0.6) is 11.5 Å². The molecule has 5 heteroatoms. The predicted molar refractivity (Wildman–Crippen MR) is 74.1 cm³/mol. The summed E-state index contributed by atoms with van der Waals surface area (Å²) in [5.74, 6) is 0.235. The topological polar surface area (TPSA) is 81.6 Å². The summed E-state index contributed by atoms with van der Waals surface area (Å²) in [7, 11) is 0. The molecule has 1 aromatic carbocycles. The van der Waals surface area contributed by atoms with Crippen LogP contribution in [0.1, 0.15) is 38.8 Å². The zero-order valence-electron chi connectivity index (χ0n) is 11.6. The number of hydrogen-bond donors (Lipinski definition) is 4. The number of carbonyl (C=O) groups excluding carboxylic acids is 1. The van der Waals surface area contributed by atoms with Crippen molar-refractivity contribution >= 4 is 5.91 Å². The molecule has 0 saturated heterocycles. The summed E-state index contributed by atoms with van der Waals surface area (Å²) >= 11 is 0. The van der Waals surface area contributed by atoms with Crippen molar-refractivity contribution in [3.05, 3.63) is 23.8 Å². The summed E-state index contributed by atoms with van der Waals surface area (Å²) in [6.45, 7) is 6.21.